The van der Waals surface area contributed by atoms with Gasteiger partial charge in [0.05, 0.1) is 68.4 Å². The van der Waals surface area contributed by atoms with E-state index in [2.05, 4.69) is 61.6 Å². The van der Waals surface area contributed by atoms with Gasteiger partial charge in [-0.25, -0.2) is 14.8 Å². The highest BCUT2D eigenvalue weighted by Gasteiger charge is 2.38. The van der Waals surface area contributed by atoms with E-state index in [0.717, 1.165) is 88.3 Å². The Morgan fingerprint density at radius 1 is 0.862 bits per heavy atom. The Bertz CT molecular complexity index is 2470. The fraction of sp³-hybridized carbons (Fsp3) is 0.364. The molecule has 3 aromatic carbocycles. The Morgan fingerprint density at radius 2 is 1.59 bits per heavy atom. The van der Waals surface area contributed by atoms with Crippen LogP contribution in [0.1, 0.15) is 75.1 Å². The largest absolute Gasteiger partial charge is 0.497 e. The van der Waals surface area contributed by atoms with Crippen molar-refractivity contribution in [1.82, 2.24) is 40.0 Å². The number of aromatic nitrogens is 5. The second-order valence-corrected chi connectivity index (χ2v) is 15.6. The molecule has 6 aromatic rings. The number of carbonyl (C=O) groups excluding carboxylic acids is 2. The number of likely N-dealkylation sites (tertiary alicyclic amines) is 1. The van der Waals surface area contributed by atoms with Gasteiger partial charge in [-0.15, -0.1) is 0 Å². The molecule has 1 unspecified atom stereocenters. The van der Waals surface area contributed by atoms with Crippen LogP contribution in [0, 0.1) is 5.92 Å². The van der Waals surface area contributed by atoms with Crippen molar-refractivity contribution < 1.29 is 28.5 Å². The number of hydrogen-bond donors (Lipinski definition) is 4. The first-order valence-electron chi connectivity index (χ1n) is 19.9. The standard InChI is InChI=1S/C44H48N8O6/c1-24(2)39(50-44(54)57-5)42(53)51-15-7-9-36(51)41-47-23-34(49-41)26-10-12-31-37-19-27-16-25(33-22-46-40(48-33)32-8-6-14-45-32)11-13-35(27)52(37)43(58-38(31)20-26)28-17-29(55-3)21-30(18-28)56-4/h10-13,16-24,32,36,39,43,45H,6-9,14-15H2,1-5H3,(H,46,48)(H,47,49)(H,50,54)/t32-,36-,39-,43?/m0/s1. The maximum atomic E-state index is 13.8. The van der Waals surface area contributed by atoms with Crippen molar-refractivity contribution in [2.75, 3.05) is 34.4 Å². The monoisotopic (exact) mass is 784 g/mol. The first kappa shape index (κ1) is 37.3. The van der Waals surface area contributed by atoms with Gasteiger partial charge in [0, 0.05) is 40.3 Å². The van der Waals surface area contributed by atoms with Crippen molar-refractivity contribution in [1.29, 1.82) is 0 Å². The second kappa shape index (κ2) is 15.2. The molecule has 2 saturated heterocycles. The average molecular weight is 785 g/mol. The number of fused-ring (bicyclic) bond motifs is 5. The third-order valence-corrected chi connectivity index (χ3v) is 11.7. The number of aromatic amines is 2. The van der Waals surface area contributed by atoms with Crippen LogP contribution >= 0.6 is 0 Å². The number of nitrogens with one attached hydrogen (secondary N) is 4. The zero-order chi connectivity index (χ0) is 40.1. The van der Waals surface area contributed by atoms with Gasteiger partial charge in [0.2, 0.25) is 12.1 Å². The average Bonchev–Trinajstić information content (AvgIpc) is 4.10. The molecule has 2 fully saturated rings. The summed E-state index contributed by atoms with van der Waals surface area (Å²) in [5.41, 5.74) is 7.58. The minimum Gasteiger partial charge on any atom is -0.497 e. The summed E-state index contributed by atoms with van der Waals surface area (Å²) in [6, 6.07) is 20.0. The number of alkyl carbamates (subject to hydrolysis) is 1. The highest BCUT2D eigenvalue weighted by Crippen LogP contribution is 2.47. The minimum atomic E-state index is -0.711. The van der Waals surface area contributed by atoms with Crippen LogP contribution in [0.4, 0.5) is 4.79 Å². The zero-order valence-corrected chi connectivity index (χ0v) is 33.3. The predicted molar refractivity (Wildman–Crippen MR) is 219 cm³/mol. The molecular weight excluding hydrogens is 737 g/mol. The number of imidazole rings is 2. The lowest BCUT2D eigenvalue weighted by Crippen LogP contribution is -2.51. The second-order valence-electron chi connectivity index (χ2n) is 15.6. The molecule has 2 amide bonds. The van der Waals surface area contributed by atoms with Crippen LogP contribution in [-0.4, -0.2) is 81.9 Å². The van der Waals surface area contributed by atoms with Gasteiger partial charge in [-0.3, -0.25) is 4.79 Å². The van der Waals surface area contributed by atoms with Crippen molar-refractivity contribution in [3.8, 4) is 51.0 Å². The van der Waals surface area contributed by atoms with Crippen molar-refractivity contribution in [3.63, 3.8) is 0 Å². The normalized spacial score (nSPS) is 19.1. The highest BCUT2D eigenvalue weighted by atomic mass is 16.5. The molecule has 0 aliphatic carbocycles. The van der Waals surface area contributed by atoms with Gasteiger partial charge >= 0.3 is 6.09 Å². The van der Waals surface area contributed by atoms with Crippen LogP contribution < -0.4 is 24.8 Å². The maximum Gasteiger partial charge on any atom is 0.407 e. The summed E-state index contributed by atoms with van der Waals surface area (Å²) in [4.78, 5) is 44.2. The number of H-pyrrole nitrogens is 2. The molecule has 3 aliphatic rings. The van der Waals surface area contributed by atoms with Gasteiger partial charge in [0.1, 0.15) is 34.9 Å². The molecule has 0 radical (unpaired) electrons. The molecule has 14 nitrogen and oxygen atoms in total. The lowest BCUT2D eigenvalue weighted by atomic mass is 10.0. The molecule has 3 aliphatic heterocycles. The van der Waals surface area contributed by atoms with Crippen LogP contribution in [-0.2, 0) is 9.53 Å². The Morgan fingerprint density at radius 3 is 2.29 bits per heavy atom. The van der Waals surface area contributed by atoms with Crippen LogP contribution in [0.5, 0.6) is 17.2 Å². The summed E-state index contributed by atoms with van der Waals surface area (Å²) in [7, 11) is 4.58. The number of carbonyl (C=O) groups is 2. The van der Waals surface area contributed by atoms with Gasteiger partial charge in [0.15, 0.2) is 0 Å². The first-order valence-corrected chi connectivity index (χ1v) is 19.9. The van der Waals surface area contributed by atoms with E-state index in [1.54, 1.807) is 20.4 Å². The Hall–Kier alpha value is -6.28. The third kappa shape index (κ3) is 6.70. The van der Waals surface area contributed by atoms with E-state index >= 15 is 0 Å². The van der Waals surface area contributed by atoms with Crippen LogP contribution in [0.25, 0.3) is 44.7 Å². The summed E-state index contributed by atoms with van der Waals surface area (Å²) in [5.74, 6) is 3.43. The highest BCUT2D eigenvalue weighted by molar-refractivity contribution is 5.92. The molecule has 6 heterocycles. The molecule has 300 valence electrons. The van der Waals surface area contributed by atoms with Crippen LogP contribution in [0.2, 0.25) is 0 Å². The Balaban J connectivity index is 1.07. The van der Waals surface area contributed by atoms with Crippen molar-refractivity contribution in [3.05, 3.63) is 90.3 Å². The van der Waals surface area contributed by atoms with Gasteiger partial charge in [-0.1, -0.05) is 26.0 Å². The number of hydrogen-bond acceptors (Lipinski definition) is 9. The van der Waals surface area contributed by atoms with Crippen molar-refractivity contribution in [2.24, 2.45) is 5.92 Å². The van der Waals surface area contributed by atoms with E-state index in [0.29, 0.717) is 29.6 Å². The van der Waals surface area contributed by atoms with E-state index in [9.17, 15) is 9.59 Å². The number of rotatable bonds is 10. The molecule has 0 spiro atoms. The number of benzene rings is 3. The molecule has 4 N–H and O–H groups in total. The summed E-state index contributed by atoms with van der Waals surface area (Å²) >= 11 is 0. The van der Waals surface area contributed by atoms with Crippen molar-refractivity contribution in [2.45, 2.75) is 63.9 Å². The van der Waals surface area contributed by atoms with Gasteiger partial charge < -0.3 is 49.0 Å². The van der Waals surface area contributed by atoms with Crippen LogP contribution in [0.15, 0.2) is 73.1 Å². The quantitative estimate of drug-likeness (QED) is 0.110. The number of methoxy groups -OCH3 is 3. The smallest absolute Gasteiger partial charge is 0.407 e. The van der Waals surface area contributed by atoms with E-state index in [-0.39, 0.29) is 23.9 Å². The summed E-state index contributed by atoms with van der Waals surface area (Å²) < 4.78 is 25.4. The molecule has 9 rings (SSSR count). The molecule has 3 aromatic heterocycles. The predicted octanol–water partition coefficient (Wildman–Crippen LogP) is 7.51. The number of nitrogens with zero attached hydrogens (tertiary/aromatic N) is 4. The summed E-state index contributed by atoms with van der Waals surface area (Å²) in [5, 5.41) is 7.32. The van der Waals surface area contributed by atoms with Crippen molar-refractivity contribution >= 4 is 22.9 Å². The lowest BCUT2D eigenvalue weighted by Gasteiger charge is -2.31. The summed E-state index contributed by atoms with van der Waals surface area (Å²) in [6.07, 6.45) is 6.37. The summed E-state index contributed by atoms with van der Waals surface area (Å²) in [6.45, 7) is 5.40. The van der Waals surface area contributed by atoms with Gasteiger partial charge in [-0.05, 0) is 80.6 Å². The molecule has 14 heteroatoms. The SMILES string of the molecule is COC(=O)N[C@H](C(=O)N1CCC[C@H]1c1ncc(-c2ccc3c(c2)OC(c2cc(OC)cc(OC)c2)n2c-3cc3cc(-c4cnc([C@@H]5CCCN5)[nH]4)ccc32)[nH]1)C(C)C. The molecule has 58 heavy (non-hydrogen) atoms. The lowest BCUT2D eigenvalue weighted by molar-refractivity contribution is -0.135. The zero-order valence-electron chi connectivity index (χ0n) is 33.3. The van der Waals surface area contributed by atoms with E-state index in [1.165, 1.54) is 7.11 Å². The van der Waals surface area contributed by atoms with E-state index in [1.807, 2.05) is 49.2 Å². The fourth-order valence-corrected chi connectivity index (χ4v) is 8.65. The molecule has 0 saturated carbocycles. The van der Waals surface area contributed by atoms with Gasteiger partial charge in [-0.2, -0.15) is 0 Å². The first-order chi connectivity index (χ1) is 28.2. The molecular formula is C44H48N8O6. The minimum absolute atomic E-state index is 0.123. The number of amides is 2. The topological polar surface area (TPSA) is 161 Å². The molecule has 0 bridgehead atoms. The Labute approximate surface area is 336 Å². The number of ether oxygens (including phenoxy) is 4. The van der Waals surface area contributed by atoms with E-state index < -0.39 is 18.4 Å². The molecule has 4 atom stereocenters. The van der Waals surface area contributed by atoms with E-state index in [4.69, 9.17) is 28.9 Å². The third-order valence-electron chi connectivity index (χ3n) is 11.7. The van der Waals surface area contributed by atoms with Crippen LogP contribution in [0.3, 0.4) is 0 Å². The fourth-order valence-electron chi connectivity index (χ4n) is 8.65. The van der Waals surface area contributed by atoms with Gasteiger partial charge in [0.25, 0.3) is 0 Å². The Kier molecular flexibility index (Phi) is 9.80. The maximum absolute atomic E-state index is 13.8.